The van der Waals surface area contributed by atoms with Crippen LogP contribution in [0.25, 0.3) is 0 Å². The summed E-state index contributed by atoms with van der Waals surface area (Å²) in [5.74, 6) is 0.848. The molecular formula is C15H20ClNO4. The number of benzene rings is 1. The van der Waals surface area contributed by atoms with Gasteiger partial charge in [0.05, 0.1) is 5.02 Å². The summed E-state index contributed by atoms with van der Waals surface area (Å²) in [6.45, 7) is 1.75. The summed E-state index contributed by atoms with van der Waals surface area (Å²) in [6, 6.07) is 3.25. The van der Waals surface area contributed by atoms with Crippen molar-refractivity contribution in [2.75, 3.05) is 26.4 Å². The van der Waals surface area contributed by atoms with Crippen LogP contribution in [0, 0.1) is 0 Å². The lowest BCUT2D eigenvalue weighted by molar-refractivity contribution is 0.0951. The molecule has 116 valence electrons. The van der Waals surface area contributed by atoms with Gasteiger partial charge in [0.15, 0.2) is 11.5 Å². The van der Waals surface area contributed by atoms with Gasteiger partial charge in [0.25, 0.3) is 5.91 Å². The summed E-state index contributed by atoms with van der Waals surface area (Å²) >= 11 is 6.10. The van der Waals surface area contributed by atoms with Gasteiger partial charge in [-0.15, -0.1) is 0 Å². The second kappa shape index (κ2) is 8.10. The Labute approximate surface area is 129 Å². The number of rotatable bonds is 7. The fourth-order valence-electron chi connectivity index (χ4n) is 2.14. The second-order valence-electron chi connectivity index (χ2n) is 4.88. The minimum Gasteiger partial charge on any atom is -0.486 e. The Bertz CT molecular complexity index is 493. The highest BCUT2D eigenvalue weighted by atomic mass is 35.5. The van der Waals surface area contributed by atoms with Crippen molar-refractivity contribution in [3.05, 3.63) is 22.7 Å². The molecule has 1 amide bonds. The summed E-state index contributed by atoms with van der Waals surface area (Å²) < 4.78 is 10.9. The van der Waals surface area contributed by atoms with Gasteiger partial charge >= 0.3 is 0 Å². The highest BCUT2D eigenvalue weighted by molar-refractivity contribution is 6.32. The van der Waals surface area contributed by atoms with E-state index in [2.05, 4.69) is 5.32 Å². The molecule has 0 aromatic heterocycles. The van der Waals surface area contributed by atoms with E-state index in [0.717, 1.165) is 25.7 Å². The summed E-state index contributed by atoms with van der Waals surface area (Å²) in [5, 5.41) is 11.9. The van der Waals surface area contributed by atoms with E-state index in [1.165, 1.54) is 0 Å². The standard InChI is InChI=1S/C15H20ClNO4/c16-12-9-11(10-13-14(12)21-8-7-20-13)15(19)17-5-3-1-2-4-6-18/h9-10,18H,1-8H2,(H,17,19). The molecule has 1 aliphatic heterocycles. The summed E-state index contributed by atoms with van der Waals surface area (Å²) in [4.78, 5) is 12.1. The summed E-state index contributed by atoms with van der Waals surface area (Å²) in [6.07, 6.45) is 3.67. The molecule has 21 heavy (non-hydrogen) atoms. The number of fused-ring (bicyclic) bond motifs is 1. The van der Waals surface area contributed by atoms with Gasteiger partial charge in [-0.3, -0.25) is 4.79 Å². The van der Waals surface area contributed by atoms with Gasteiger partial charge in [-0.1, -0.05) is 24.4 Å². The lowest BCUT2D eigenvalue weighted by Crippen LogP contribution is -2.25. The van der Waals surface area contributed by atoms with E-state index in [1.807, 2.05) is 0 Å². The third-order valence-corrected chi connectivity index (χ3v) is 3.51. The van der Waals surface area contributed by atoms with E-state index in [1.54, 1.807) is 12.1 Å². The molecule has 6 heteroatoms. The second-order valence-corrected chi connectivity index (χ2v) is 5.28. The van der Waals surface area contributed by atoms with E-state index in [-0.39, 0.29) is 12.5 Å². The highest BCUT2D eigenvalue weighted by Gasteiger charge is 2.19. The van der Waals surface area contributed by atoms with Crippen LogP contribution in [-0.4, -0.2) is 37.4 Å². The van der Waals surface area contributed by atoms with E-state index >= 15 is 0 Å². The first-order valence-corrected chi connectivity index (χ1v) is 7.58. The quantitative estimate of drug-likeness (QED) is 0.759. The number of carbonyl (C=O) groups excluding carboxylic acids is 1. The number of halogens is 1. The van der Waals surface area contributed by atoms with Crippen molar-refractivity contribution in [2.45, 2.75) is 25.7 Å². The van der Waals surface area contributed by atoms with Gasteiger partial charge in [-0.05, 0) is 25.0 Å². The maximum absolute atomic E-state index is 12.1. The molecule has 2 rings (SSSR count). The summed E-state index contributed by atoms with van der Waals surface area (Å²) in [5.41, 5.74) is 0.472. The molecule has 0 fully saturated rings. The van der Waals surface area contributed by atoms with Crippen LogP contribution in [-0.2, 0) is 0 Å². The summed E-state index contributed by atoms with van der Waals surface area (Å²) in [7, 11) is 0. The topological polar surface area (TPSA) is 67.8 Å². The van der Waals surface area contributed by atoms with Crippen molar-refractivity contribution in [1.82, 2.24) is 5.32 Å². The third kappa shape index (κ3) is 4.51. The van der Waals surface area contributed by atoms with Gasteiger partial charge in [0, 0.05) is 18.7 Å². The number of aliphatic hydroxyl groups is 1. The SMILES string of the molecule is O=C(NCCCCCCO)c1cc(Cl)c2c(c1)OCCO2. The van der Waals surface area contributed by atoms with Crippen molar-refractivity contribution in [1.29, 1.82) is 0 Å². The largest absolute Gasteiger partial charge is 0.486 e. The minimum atomic E-state index is -0.170. The Morgan fingerprint density at radius 2 is 1.95 bits per heavy atom. The van der Waals surface area contributed by atoms with Crippen molar-refractivity contribution in [3.8, 4) is 11.5 Å². The first-order valence-electron chi connectivity index (χ1n) is 7.20. The van der Waals surface area contributed by atoms with E-state index in [4.69, 9.17) is 26.2 Å². The predicted molar refractivity (Wildman–Crippen MR) is 80.3 cm³/mol. The van der Waals surface area contributed by atoms with Crippen LogP contribution in [0.3, 0.4) is 0 Å². The predicted octanol–water partition coefficient (Wildman–Crippen LogP) is 2.39. The molecule has 0 spiro atoms. The molecule has 0 unspecified atom stereocenters. The molecule has 0 aliphatic carbocycles. The third-order valence-electron chi connectivity index (χ3n) is 3.23. The molecule has 0 saturated carbocycles. The lowest BCUT2D eigenvalue weighted by atomic mass is 10.1. The van der Waals surface area contributed by atoms with Crippen LogP contribution in [0.2, 0.25) is 5.02 Å². The number of unbranched alkanes of at least 4 members (excludes halogenated alkanes) is 3. The molecule has 1 aliphatic rings. The Morgan fingerprint density at radius 1 is 1.19 bits per heavy atom. The fourth-order valence-corrected chi connectivity index (χ4v) is 2.40. The molecule has 2 N–H and O–H groups in total. The van der Waals surface area contributed by atoms with Gasteiger partial charge in [-0.25, -0.2) is 0 Å². The molecule has 0 saturated heterocycles. The Hall–Kier alpha value is -1.46. The Morgan fingerprint density at radius 3 is 2.76 bits per heavy atom. The van der Waals surface area contributed by atoms with Crippen LogP contribution in [0.1, 0.15) is 36.0 Å². The first-order chi connectivity index (χ1) is 10.2. The van der Waals surface area contributed by atoms with Crippen LogP contribution < -0.4 is 14.8 Å². The zero-order chi connectivity index (χ0) is 15.1. The highest BCUT2D eigenvalue weighted by Crippen LogP contribution is 2.38. The van der Waals surface area contributed by atoms with Crippen LogP contribution in [0.15, 0.2) is 12.1 Å². The molecule has 0 radical (unpaired) electrons. The minimum absolute atomic E-state index is 0.170. The number of nitrogens with one attached hydrogen (secondary N) is 1. The molecule has 0 bridgehead atoms. The number of amides is 1. The van der Waals surface area contributed by atoms with E-state index in [0.29, 0.717) is 41.8 Å². The van der Waals surface area contributed by atoms with Crippen molar-refractivity contribution >= 4 is 17.5 Å². The number of ether oxygens (including phenoxy) is 2. The molecule has 5 nitrogen and oxygen atoms in total. The van der Waals surface area contributed by atoms with Crippen molar-refractivity contribution in [3.63, 3.8) is 0 Å². The zero-order valence-corrected chi connectivity index (χ0v) is 12.6. The number of hydrogen-bond acceptors (Lipinski definition) is 4. The van der Waals surface area contributed by atoms with Gasteiger partial charge in [-0.2, -0.15) is 0 Å². The fraction of sp³-hybridized carbons (Fsp3) is 0.533. The average molecular weight is 314 g/mol. The average Bonchev–Trinajstić information content (AvgIpc) is 2.50. The first kappa shape index (κ1) is 15.9. The molecule has 0 atom stereocenters. The zero-order valence-electron chi connectivity index (χ0n) is 11.9. The van der Waals surface area contributed by atoms with Crippen molar-refractivity contribution < 1.29 is 19.4 Å². The Kier molecular flexibility index (Phi) is 6.14. The number of hydrogen-bond donors (Lipinski definition) is 2. The maximum atomic E-state index is 12.1. The molecular weight excluding hydrogens is 294 g/mol. The number of carbonyl (C=O) groups is 1. The Balaban J connectivity index is 1.86. The van der Waals surface area contributed by atoms with E-state index < -0.39 is 0 Å². The van der Waals surface area contributed by atoms with Crippen LogP contribution >= 0.6 is 11.6 Å². The number of aliphatic hydroxyl groups excluding tert-OH is 1. The van der Waals surface area contributed by atoms with Crippen LogP contribution in [0.5, 0.6) is 11.5 Å². The normalized spacial score (nSPS) is 13.0. The van der Waals surface area contributed by atoms with Gasteiger partial charge in [0.2, 0.25) is 0 Å². The molecule has 1 aromatic rings. The molecule has 1 aromatic carbocycles. The van der Waals surface area contributed by atoms with Gasteiger partial charge in [0.1, 0.15) is 13.2 Å². The smallest absolute Gasteiger partial charge is 0.251 e. The van der Waals surface area contributed by atoms with Crippen LogP contribution in [0.4, 0.5) is 0 Å². The monoisotopic (exact) mass is 313 g/mol. The van der Waals surface area contributed by atoms with E-state index in [9.17, 15) is 4.79 Å². The molecule has 1 heterocycles. The van der Waals surface area contributed by atoms with Crippen molar-refractivity contribution in [2.24, 2.45) is 0 Å². The van der Waals surface area contributed by atoms with Gasteiger partial charge < -0.3 is 19.9 Å². The maximum Gasteiger partial charge on any atom is 0.251 e. The lowest BCUT2D eigenvalue weighted by Gasteiger charge is -2.20.